The van der Waals surface area contributed by atoms with Crippen LogP contribution in [0.1, 0.15) is 24.0 Å². The van der Waals surface area contributed by atoms with Crippen LogP contribution in [-0.2, 0) is 6.42 Å². The summed E-state index contributed by atoms with van der Waals surface area (Å²) in [6.07, 6.45) is 2.01. The van der Waals surface area contributed by atoms with Gasteiger partial charge in [0.1, 0.15) is 5.82 Å². The monoisotopic (exact) mass is 258 g/mol. The summed E-state index contributed by atoms with van der Waals surface area (Å²) in [6.45, 7) is 1.74. The number of hydrogen-bond acceptors (Lipinski definition) is 1. The SMILES string of the molecule is Cc1cc(Br)cc(CC2(O)CC2)c1F. The van der Waals surface area contributed by atoms with Gasteiger partial charge in [-0.2, -0.15) is 0 Å². The highest BCUT2D eigenvalue weighted by Crippen LogP contribution is 2.39. The predicted octanol–water partition coefficient (Wildman–Crippen LogP) is 2.96. The highest BCUT2D eigenvalue weighted by molar-refractivity contribution is 9.10. The smallest absolute Gasteiger partial charge is 0.129 e. The van der Waals surface area contributed by atoms with Crippen LogP contribution in [0.25, 0.3) is 0 Å². The molecule has 1 saturated carbocycles. The Morgan fingerprint density at radius 1 is 1.50 bits per heavy atom. The molecule has 0 aromatic heterocycles. The minimum Gasteiger partial charge on any atom is -0.390 e. The van der Waals surface area contributed by atoms with Gasteiger partial charge < -0.3 is 5.11 Å². The molecule has 1 aliphatic carbocycles. The van der Waals surface area contributed by atoms with E-state index in [0.29, 0.717) is 17.5 Å². The highest BCUT2D eigenvalue weighted by atomic mass is 79.9. The number of halogens is 2. The van der Waals surface area contributed by atoms with Crippen molar-refractivity contribution < 1.29 is 9.50 Å². The molecule has 0 radical (unpaired) electrons. The fourth-order valence-electron chi connectivity index (χ4n) is 1.60. The zero-order chi connectivity index (χ0) is 10.3. The third-order valence-electron chi connectivity index (χ3n) is 2.64. The number of aryl methyl sites for hydroxylation is 1. The molecule has 1 aromatic rings. The summed E-state index contributed by atoms with van der Waals surface area (Å²) >= 11 is 3.33. The lowest BCUT2D eigenvalue weighted by Gasteiger charge is -2.10. The summed E-state index contributed by atoms with van der Waals surface area (Å²) in [5, 5.41) is 9.71. The molecule has 0 amide bonds. The summed E-state index contributed by atoms with van der Waals surface area (Å²) in [6, 6.07) is 3.49. The molecule has 1 fully saturated rings. The molecule has 14 heavy (non-hydrogen) atoms. The maximum atomic E-state index is 13.6. The van der Waals surface area contributed by atoms with Gasteiger partial charge in [0.15, 0.2) is 0 Å². The zero-order valence-corrected chi connectivity index (χ0v) is 9.57. The van der Waals surface area contributed by atoms with Gasteiger partial charge in [-0.05, 0) is 43.0 Å². The van der Waals surface area contributed by atoms with Crippen LogP contribution in [0.15, 0.2) is 16.6 Å². The summed E-state index contributed by atoms with van der Waals surface area (Å²) in [5.41, 5.74) is 0.601. The number of aliphatic hydroxyl groups is 1. The van der Waals surface area contributed by atoms with Crippen molar-refractivity contribution in [2.75, 3.05) is 0 Å². The Balaban J connectivity index is 2.32. The summed E-state index contributed by atoms with van der Waals surface area (Å²) in [4.78, 5) is 0. The van der Waals surface area contributed by atoms with Gasteiger partial charge in [-0.3, -0.25) is 0 Å². The van der Waals surface area contributed by atoms with Crippen LogP contribution in [0, 0.1) is 12.7 Å². The standard InChI is InChI=1S/C11H12BrFO/c1-7-4-9(12)5-8(10(7)13)6-11(14)2-3-11/h4-5,14H,2-3,6H2,1H3. The molecule has 1 aromatic carbocycles. The van der Waals surface area contributed by atoms with Crippen molar-refractivity contribution in [1.29, 1.82) is 0 Å². The second-order valence-corrected chi connectivity index (χ2v) is 5.01. The molecule has 1 N–H and O–H groups in total. The quantitative estimate of drug-likeness (QED) is 0.865. The van der Waals surface area contributed by atoms with Crippen molar-refractivity contribution in [2.45, 2.75) is 31.8 Å². The molecule has 0 spiro atoms. The van der Waals surface area contributed by atoms with Crippen LogP contribution in [0.4, 0.5) is 4.39 Å². The molecule has 76 valence electrons. The van der Waals surface area contributed by atoms with E-state index < -0.39 is 5.60 Å². The first-order valence-electron chi connectivity index (χ1n) is 4.67. The van der Waals surface area contributed by atoms with Gasteiger partial charge in [0.05, 0.1) is 5.60 Å². The Morgan fingerprint density at radius 3 is 2.71 bits per heavy atom. The van der Waals surface area contributed by atoms with Crippen molar-refractivity contribution in [1.82, 2.24) is 0 Å². The van der Waals surface area contributed by atoms with Gasteiger partial charge in [-0.25, -0.2) is 4.39 Å². The third kappa shape index (κ3) is 1.98. The summed E-state index contributed by atoms with van der Waals surface area (Å²) < 4.78 is 14.5. The van der Waals surface area contributed by atoms with Crippen LogP contribution >= 0.6 is 15.9 Å². The number of rotatable bonds is 2. The van der Waals surface area contributed by atoms with Crippen LogP contribution in [0.5, 0.6) is 0 Å². The van der Waals surface area contributed by atoms with E-state index >= 15 is 0 Å². The molecule has 0 saturated heterocycles. The molecular formula is C11H12BrFO. The van der Waals surface area contributed by atoms with E-state index in [1.807, 2.05) is 0 Å². The third-order valence-corrected chi connectivity index (χ3v) is 3.10. The summed E-state index contributed by atoms with van der Waals surface area (Å²) in [5.74, 6) is -0.187. The van der Waals surface area contributed by atoms with Crippen LogP contribution in [0.3, 0.4) is 0 Å². The lowest BCUT2D eigenvalue weighted by atomic mass is 10.0. The minimum absolute atomic E-state index is 0.187. The average Bonchev–Trinajstić information content (AvgIpc) is 2.79. The Kier molecular flexibility index (Phi) is 2.40. The van der Waals surface area contributed by atoms with E-state index in [-0.39, 0.29) is 5.82 Å². The lowest BCUT2D eigenvalue weighted by Crippen LogP contribution is -2.12. The van der Waals surface area contributed by atoms with Crippen molar-refractivity contribution in [3.8, 4) is 0 Å². The largest absolute Gasteiger partial charge is 0.390 e. The van der Waals surface area contributed by atoms with Gasteiger partial charge in [0.25, 0.3) is 0 Å². The molecule has 0 heterocycles. The van der Waals surface area contributed by atoms with Gasteiger partial charge in [-0.1, -0.05) is 15.9 Å². The molecule has 0 atom stereocenters. The Hall–Kier alpha value is -0.410. The van der Waals surface area contributed by atoms with Crippen molar-refractivity contribution >= 4 is 15.9 Å². The molecular weight excluding hydrogens is 247 g/mol. The average molecular weight is 259 g/mol. The van der Waals surface area contributed by atoms with Crippen molar-refractivity contribution in [3.63, 3.8) is 0 Å². The van der Waals surface area contributed by atoms with E-state index in [9.17, 15) is 9.50 Å². The Labute approximate surface area is 91.1 Å². The fraction of sp³-hybridized carbons (Fsp3) is 0.455. The molecule has 3 heteroatoms. The lowest BCUT2D eigenvalue weighted by molar-refractivity contribution is 0.149. The molecule has 1 nitrogen and oxygen atoms in total. The van der Waals surface area contributed by atoms with Crippen LogP contribution < -0.4 is 0 Å². The molecule has 2 rings (SSSR count). The Morgan fingerprint density at radius 2 is 2.14 bits per heavy atom. The predicted molar refractivity (Wildman–Crippen MR) is 56.7 cm³/mol. The second-order valence-electron chi connectivity index (χ2n) is 4.10. The van der Waals surface area contributed by atoms with Crippen molar-refractivity contribution in [2.24, 2.45) is 0 Å². The van der Waals surface area contributed by atoms with E-state index in [1.54, 1.807) is 19.1 Å². The minimum atomic E-state index is -0.631. The van der Waals surface area contributed by atoms with Crippen LogP contribution in [-0.4, -0.2) is 10.7 Å². The van der Waals surface area contributed by atoms with Crippen LogP contribution in [0.2, 0.25) is 0 Å². The van der Waals surface area contributed by atoms with E-state index in [4.69, 9.17) is 0 Å². The first-order valence-corrected chi connectivity index (χ1v) is 5.46. The Bertz CT molecular complexity index is 372. The molecule has 1 aliphatic rings. The molecule has 0 bridgehead atoms. The number of hydrogen-bond donors (Lipinski definition) is 1. The topological polar surface area (TPSA) is 20.2 Å². The molecule has 0 unspecified atom stereocenters. The maximum absolute atomic E-state index is 13.6. The van der Waals surface area contributed by atoms with E-state index in [0.717, 1.165) is 17.3 Å². The highest BCUT2D eigenvalue weighted by Gasteiger charge is 2.40. The normalized spacial score (nSPS) is 18.3. The van der Waals surface area contributed by atoms with Gasteiger partial charge in [0, 0.05) is 10.9 Å². The van der Waals surface area contributed by atoms with Gasteiger partial charge in [0.2, 0.25) is 0 Å². The first-order chi connectivity index (χ1) is 6.50. The maximum Gasteiger partial charge on any atom is 0.129 e. The van der Waals surface area contributed by atoms with Gasteiger partial charge in [-0.15, -0.1) is 0 Å². The molecule has 0 aliphatic heterocycles. The van der Waals surface area contributed by atoms with Gasteiger partial charge >= 0.3 is 0 Å². The van der Waals surface area contributed by atoms with E-state index in [2.05, 4.69) is 15.9 Å². The fourth-order valence-corrected chi connectivity index (χ4v) is 2.22. The van der Waals surface area contributed by atoms with E-state index in [1.165, 1.54) is 0 Å². The first kappa shape index (κ1) is 10.1. The zero-order valence-electron chi connectivity index (χ0n) is 7.98. The summed E-state index contributed by atoms with van der Waals surface area (Å²) in [7, 11) is 0. The second kappa shape index (κ2) is 3.31. The van der Waals surface area contributed by atoms with Crippen molar-refractivity contribution in [3.05, 3.63) is 33.5 Å². The number of benzene rings is 1.